The molecular weight excluding hydrogens is 370 g/mol. The number of ether oxygens (including phenoxy) is 3. The summed E-state index contributed by atoms with van der Waals surface area (Å²) >= 11 is 0. The van der Waals surface area contributed by atoms with Gasteiger partial charge in [-0.1, -0.05) is 18.2 Å². The number of anilines is 1. The third kappa shape index (κ3) is 3.18. The van der Waals surface area contributed by atoms with Crippen molar-refractivity contribution in [3.05, 3.63) is 59.3 Å². The molecule has 1 unspecified atom stereocenters. The van der Waals surface area contributed by atoms with Crippen molar-refractivity contribution in [1.82, 2.24) is 9.78 Å². The molecule has 29 heavy (non-hydrogen) atoms. The van der Waals surface area contributed by atoms with E-state index in [9.17, 15) is 4.79 Å². The fourth-order valence-corrected chi connectivity index (χ4v) is 3.80. The molecule has 1 atom stereocenters. The number of aromatic nitrogens is 2. The van der Waals surface area contributed by atoms with Gasteiger partial charge in [0.15, 0.2) is 11.5 Å². The third-order valence-electron chi connectivity index (χ3n) is 5.25. The molecule has 0 fully saturated rings. The summed E-state index contributed by atoms with van der Waals surface area (Å²) in [5, 5.41) is 7.56. The highest BCUT2D eigenvalue weighted by Gasteiger charge is 2.32. The number of methoxy groups -OCH3 is 3. The molecule has 1 aromatic heterocycles. The van der Waals surface area contributed by atoms with Gasteiger partial charge in [0.1, 0.15) is 5.82 Å². The molecular formula is C22H23N3O4. The molecule has 0 saturated heterocycles. The van der Waals surface area contributed by atoms with Crippen molar-refractivity contribution in [1.29, 1.82) is 0 Å². The fraction of sp³-hybridized carbons (Fsp3) is 0.273. The number of benzene rings is 2. The Morgan fingerprint density at radius 1 is 1.07 bits per heavy atom. The molecule has 1 N–H and O–H groups in total. The summed E-state index contributed by atoms with van der Waals surface area (Å²) in [5.41, 5.74) is 3.85. The van der Waals surface area contributed by atoms with E-state index in [2.05, 4.69) is 10.4 Å². The van der Waals surface area contributed by atoms with Crippen LogP contribution in [0, 0.1) is 6.92 Å². The van der Waals surface area contributed by atoms with Crippen LogP contribution >= 0.6 is 0 Å². The number of carbonyl (C=O) groups excluding carboxylic acids is 1. The number of fused-ring (bicyclic) bond motifs is 1. The molecule has 1 aliphatic heterocycles. The Morgan fingerprint density at radius 2 is 1.76 bits per heavy atom. The minimum absolute atomic E-state index is 0.0633. The Kier molecular flexibility index (Phi) is 4.88. The number of amides is 1. The Hall–Kier alpha value is -3.48. The number of carbonyl (C=O) groups is 1. The lowest BCUT2D eigenvalue weighted by Crippen LogP contribution is -2.24. The third-order valence-corrected chi connectivity index (χ3v) is 5.25. The predicted molar refractivity (Wildman–Crippen MR) is 109 cm³/mol. The lowest BCUT2D eigenvalue weighted by molar-refractivity contribution is -0.116. The van der Waals surface area contributed by atoms with Gasteiger partial charge in [0.05, 0.1) is 33.2 Å². The van der Waals surface area contributed by atoms with Crippen molar-refractivity contribution in [2.75, 3.05) is 26.6 Å². The topological polar surface area (TPSA) is 74.6 Å². The van der Waals surface area contributed by atoms with Gasteiger partial charge in [-0.05, 0) is 36.2 Å². The van der Waals surface area contributed by atoms with Gasteiger partial charge in [0.2, 0.25) is 11.7 Å². The van der Waals surface area contributed by atoms with Gasteiger partial charge in [-0.3, -0.25) is 4.79 Å². The molecule has 2 aromatic carbocycles. The maximum absolute atomic E-state index is 12.6. The second-order valence-electron chi connectivity index (χ2n) is 6.91. The lowest BCUT2D eigenvalue weighted by Gasteiger charge is -2.25. The standard InChI is InChI=1S/C22H23N3O4/c1-13-7-5-6-8-17(13)25-22-16(12-23-25)15(11-20(26)24-22)14-9-18(27-2)21(29-4)19(10-14)28-3/h5-10,12,15H,11H2,1-4H3,(H,24,26). The molecule has 1 amide bonds. The summed E-state index contributed by atoms with van der Waals surface area (Å²) in [6, 6.07) is 11.7. The number of nitrogens with one attached hydrogen (secondary N) is 1. The minimum atomic E-state index is -0.176. The summed E-state index contributed by atoms with van der Waals surface area (Å²) in [6.45, 7) is 2.02. The van der Waals surface area contributed by atoms with Crippen molar-refractivity contribution in [3.63, 3.8) is 0 Å². The number of hydrogen-bond donors (Lipinski definition) is 1. The van der Waals surface area contributed by atoms with Crippen LogP contribution in [0.4, 0.5) is 5.82 Å². The summed E-state index contributed by atoms with van der Waals surface area (Å²) in [7, 11) is 4.73. The van der Waals surface area contributed by atoms with E-state index in [1.807, 2.05) is 49.5 Å². The average molecular weight is 393 g/mol. The highest BCUT2D eigenvalue weighted by Crippen LogP contribution is 2.44. The van der Waals surface area contributed by atoms with Gasteiger partial charge in [-0.25, -0.2) is 4.68 Å². The zero-order chi connectivity index (χ0) is 20.5. The van der Waals surface area contributed by atoms with Gasteiger partial charge in [0, 0.05) is 17.9 Å². The van der Waals surface area contributed by atoms with Crippen LogP contribution < -0.4 is 19.5 Å². The molecule has 0 radical (unpaired) electrons. The molecule has 7 nitrogen and oxygen atoms in total. The summed E-state index contributed by atoms with van der Waals surface area (Å²) < 4.78 is 18.2. The Labute approximate surface area is 169 Å². The monoisotopic (exact) mass is 393 g/mol. The highest BCUT2D eigenvalue weighted by atomic mass is 16.5. The van der Waals surface area contributed by atoms with Crippen LogP contribution in [0.1, 0.15) is 29.0 Å². The SMILES string of the molecule is COc1cc(C2CC(=O)Nc3c2cnn3-c2ccccc2C)cc(OC)c1OC. The number of aryl methyl sites for hydroxylation is 1. The summed E-state index contributed by atoms with van der Waals surface area (Å²) in [6.07, 6.45) is 2.13. The minimum Gasteiger partial charge on any atom is -0.493 e. The predicted octanol–water partition coefficient (Wildman–Crippen LogP) is 3.68. The van der Waals surface area contributed by atoms with Crippen molar-refractivity contribution in [3.8, 4) is 22.9 Å². The van der Waals surface area contributed by atoms with E-state index in [0.717, 1.165) is 22.4 Å². The number of nitrogens with zero attached hydrogens (tertiary/aromatic N) is 2. The lowest BCUT2D eigenvalue weighted by atomic mass is 9.87. The molecule has 1 aliphatic rings. The zero-order valence-electron chi connectivity index (χ0n) is 16.9. The number of hydrogen-bond acceptors (Lipinski definition) is 5. The number of para-hydroxylation sites is 1. The van der Waals surface area contributed by atoms with Crippen LogP contribution in [0.2, 0.25) is 0 Å². The second kappa shape index (κ2) is 7.50. The highest BCUT2D eigenvalue weighted by molar-refractivity contribution is 5.94. The van der Waals surface area contributed by atoms with E-state index in [1.165, 1.54) is 0 Å². The molecule has 2 heterocycles. The van der Waals surface area contributed by atoms with Crippen molar-refractivity contribution >= 4 is 11.7 Å². The molecule has 0 spiro atoms. The Balaban J connectivity index is 1.85. The summed E-state index contributed by atoms with van der Waals surface area (Å²) in [4.78, 5) is 12.6. The molecule has 0 aliphatic carbocycles. The molecule has 7 heteroatoms. The van der Waals surface area contributed by atoms with Crippen LogP contribution in [0.3, 0.4) is 0 Å². The van der Waals surface area contributed by atoms with Gasteiger partial charge in [-0.2, -0.15) is 5.10 Å². The largest absolute Gasteiger partial charge is 0.493 e. The van der Waals surface area contributed by atoms with Crippen LogP contribution in [0.5, 0.6) is 17.2 Å². The quantitative estimate of drug-likeness (QED) is 0.716. The second-order valence-corrected chi connectivity index (χ2v) is 6.91. The van der Waals surface area contributed by atoms with E-state index in [-0.39, 0.29) is 11.8 Å². The smallest absolute Gasteiger partial charge is 0.226 e. The maximum Gasteiger partial charge on any atom is 0.226 e. The first-order valence-corrected chi connectivity index (χ1v) is 9.31. The first kappa shape index (κ1) is 18.9. The summed E-state index contributed by atoms with van der Waals surface area (Å²) in [5.74, 6) is 2.09. The van der Waals surface area contributed by atoms with Gasteiger partial charge >= 0.3 is 0 Å². The first-order chi connectivity index (χ1) is 14.1. The van der Waals surface area contributed by atoms with Gasteiger partial charge < -0.3 is 19.5 Å². The van der Waals surface area contributed by atoms with Gasteiger partial charge in [0.25, 0.3) is 0 Å². The molecule has 0 saturated carbocycles. The fourth-order valence-electron chi connectivity index (χ4n) is 3.80. The maximum atomic E-state index is 12.6. The van der Waals surface area contributed by atoms with E-state index >= 15 is 0 Å². The molecule has 0 bridgehead atoms. The Bertz CT molecular complexity index is 1050. The van der Waals surface area contributed by atoms with Crippen LogP contribution in [-0.2, 0) is 4.79 Å². The van der Waals surface area contributed by atoms with Crippen LogP contribution in [-0.4, -0.2) is 37.0 Å². The van der Waals surface area contributed by atoms with Crippen molar-refractivity contribution in [2.24, 2.45) is 0 Å². The molecule has 150 valence electrons. The van der Waals surface area contributed by atoms with E-state index in [1.54, 1.807) is 26.0 Å². The van der Waals surface area contributed by atoms with Crippen molar-refractivity contribution < 1.29 is 19.0 Å². The van der Waals surface area contributed by atoms with Crippen LogP contribution in [0.15, 0.2) is 42.6 Å². The molecule has 3 aromatic rings. The molecule has 4 rings (SSSR count). The average Bonchev–Trinajstić information content (AvgIpc) is 3.15. The van der Waals surface area contributed by atoms with E-state index < -0.39 is 0 Å². The Morgan fingerprint density at radius 3 is 2.38 bits per heavy atom. The van der Waals surface area contributed by atoms with E-state index in [4.69, 9.17) is 14.2 Å². The first-order valence-electron chi connectivity index (χ1n) is 9.31. The van der Waals surface area contributed by atoms with Crippen LogP contribution in [0.25, 0.3) is 5.69 Å². The van der Waals surface area contributed by atoms with Crippen molar-refractivity contribution in [2.45, 2.75) is 19.3 Å². The number of rotatable bonds is 5. The normalized spacial score (nSPS) is 15.4. The van der Waals surface area contributed by atoms with E-state index in [0.29, 0.717) is 29.5 Å². The van der Waals surface area contributed by atoms with Gasteiger partial charge in [-0.15, -0.1) is 0 Å². The zero-order valence-corrected chi connectivity index (χ0v) is 16.9.